The van der Waals surface area contributed by atoms with Crippen molar-refractivity contribution in [3.05, 3.63) is 27.2 Å². The number of rotatable bonds is 1. The van der Waals surface area contributed by atoms with E-state index in [0.717, 1.165) is 5.69 Å². The first-order valence-corrected chi connectivity index (χ1v) is 5.12. The summed E-state index contributed by atoms with van der Waals surface area (Å²) in [7, 11) is 0. The summed E-state index contributed by atoms with van der Waals surface area (Å²) in [6.45, 7) is 2.11. The van der Waals surface area contributed by atoms with Gasteiger partial charge < -0.3 is 0 Å². The minimum absolute atomic E-state index is 1.10. The third-order valence-corrected chi connectivity index (χ3v) is 2.91. The summed E-state index contributed by atoms with van der Waals surface area (Å²) in [5.74, 6) is 0. The van der Waals surface area contributed by atoms with Gasteiger partial charge in [-0.15, -0.1) is 22.7 Å². The minimum Gasteiger partial charge on any atom is -0.245 e. The Labute approximate surface area is 73.4 Å². The molecule has 11 heavy (non-hydrogen) atoms. The van der Waals surface area contributed by atoms with E-state index >= 15 is 0 Å². The van der Waals surface area contributed by atoms with Gasteiger partial charge in [0.25, 0.3) is 0 Å². The summed E-state index contributed by atoms with van der Waals surface area (Å²) in [6.07, 6.45) is 0. The summed E-state index contributed by atoms with van der Waals surface area (Å²) >= 11 is 3.40. The Hall–Kier alpha value is -0.670. The zero-order valence-electron chi connectivity index (χ0n) is 6.07. The van der Waals surface area contributed by atoms with Crippen LogP contribution in [0.5, 0.6) is 0 Å². The maximum Gasteiger partial charge on any atom is 0.0819 e. The molecule has 0 aliphatic rings. The SMILES string of the molecule is Cc1cc(-c2cscn2)cs1. The minimum atomic E-state index is 1.10. The summed E-state index contributed by atoms with van der Waals surface area (Å²) < 4.78 is 0. The van der Waals surface area contributed by atoms with Crippen molar-refractivity contribution in [2.45, 2.75) is 6.92 Å². The molecule has 2 aromatic rings. The maximum absolute atomic E-state index is 4.22. The lowest BCUT2D eigenvalue weighted by atomic mass is 10.2. The average Bonchev–Trinajstić information content (AvgIpc) is 2.55. The van der Waals surface area contributed by atoms with E-state index in [1.165, 1.54) is 10.4 Å². The van der Waals surface area contributed by atoms with Crippen molar-refractivity contribution in [2.75, 3.05) is 0 Å². The van der Waals surface area contributed by atoms with Crippen molar-refractivity contribution < 1.29 is 0 Å². The molecule has 56 valence electrons. The molecule has 0 saturated heterocycles. The van der Waals surface area contributed by atoms with Gasteiger partial charge in [-0.2, -0.15) is 0 Å². The molecular formula is C8H7NS2. The van der Waals surface area contributed by atoms with Gasteiger partial charge in [0.2, 0.25) is 0 Å². The summed E-state index contributed by atoms with van der Waals surface area (Å²) in [5, 5.41) is 4.21. The van der Waals surface area contributed by atoms with E-state index in [1.54, 1.807) is 22.7 Å². The summed E-state index contributed by atoms with van der Waals surface area (Å²) in [4.78, 5) is 5.57. The molecule has 3 heteroatoms. The Bertz CT molecular complexity index is 335. The van der Waals surface area contributed by atoms with E-state index in [0.29, 0.717) is 0 Å². The second-order valence-corrected chi connectivity index (χ2v) is 4.15. The molecule has 0 unspecified atom stereocenters. The molecule has 0 saturated carbocycles. The highest BCUT2D eigenvalue weighted by Gasteiger charge is 2.00. The molecule has 2 aromatic heterocycles. The van der Waals surface area contributed by atoms with Crippen molar-refractivity contribution >= 4 is 22.7 Å². The molecule has 2 heterocycles. The highest BCUT2D eigenvalue weighted by atomic mass is 32.1. The Morgan fingerprint density at radius 3 is 2.82 bits per heavy atom. The zero-order valence-corrected chi connectivity index (χ0v) is 7.71. The molecule has 0 amide bonds. The highest BCUT2D eigenvalue weighted by Crippen LogP contribution is 2.24. The standard InChI is InChI=1S/C8H7NS2/c1-6-2-7(3-11-6)8-4-10-5-9-8/h2-5H,1H3. The highest BCUT2D eigenvalue weighted by molar-refractivity contribution is 7.10. The number of hydrogen-bond donors (Lipinski definition) is 0. The first-order valence-electron chi connectivity index (χ1n) is 3.30. The van der Waals surface area contributed by atoms with Crippen LogP contribution in [-0.2, 0) is 0 Å². The average molecular weight is 181 g/mol. The molecular weight excluding hydrogens is 174 g/mol. The number of nitrogens with zero attached hydrogens (tertiary/aromatic N) is 1. The topological polar surface area (TPSA) is 12.9 Å². The van der Waals surface area contributed by atoms with Crippen LogP contribution in [0.25, 0.3) is 11.3 Å². The van der Waals surface area contributed by atoms with Crippen LogP contribution in [0, 0.1) is 6.92 Å². The smallest absolute Gasteiger partial charge is 0.0819 e. The fourth-order valence-electron chi connectivity index (χ4n) is 0.933. The van der Waals surface area contributed by atoms with Crippen molar-refractivity contribution in [2.24, 2.45) is 0 Å². The zero-order chi connectivity index (χ0) is 7.68. The van der Waals surface area contributed by atoms with Gasteiger partial charge in [0.05, 0.1) is 11.2 Å². The van der Waals surface area contributed by atoms with E-state index in [9.17, 15) is 0 Å². The van der Waals surface area contributed by atoms with Crippen molar-refractivity contribution in [3.8, 4) is 11.3 Å². The molecule has 0 aromatic carbocycles. The number of thiophene rings is 1. The maximum atomic E-state index is 4.22. The Kier molecular flexibility index (Phi) is 1.75. The predicted octanol–water partition coefficient (Wildman–Crippen LogP) is 3.18. The van der Waals surface area contributed by atoms with Gasteiger partial charge in [0, 0.05) is 21.2 Å². The van der Waals surface area contributed by atoms with Crippen LogP contribution in [-0.4, -0.2) is 4.98 Å². The van der Waals surface area contributed by atoms with Crippen molar-refractivity contribution in [1.29, 1.82) is 0 Å². The van der Waals surface area contributed by atoms with Crippen LogP contribution in [0.3, 0.4) is 0 Å². The van der Waals surface area contributed by atoms with Gasteiger partial charge in [-0.3, -0.25) is 0 Å². The lowest BCUT2D eigenvalue weighted by Crippen LogP contribution is -1.68. The number of aryl methyl sites for hydroxylation is 1. The Morgan fingerprint density at radius 2 is 2.27 bits per heavy atom. The lowest BCUT2D eigenvalue weighted by Gasteiger charge is -1.85. The molecule has 0 aliphatic carbocycles. The van der Waals surface area contributed by atoms with E-state index in [4.69, 9.17) is 0 Å². The third kappa shape index (κ3) is 1.34. The molecule has 2 rings (SSSR count). The lowest BCUT2D eigenvalue weighted by molar-refractivity contribution is 1.42. The number of thiazole rings is 1. The van der Waals surface area contributed by atoms with Gasteiger partial charge in [0.1, 0.15) is 0 Å². The molecule has 0 spiro atoms. The first kappa shape index (κ1) is 7.00. The fraction of sp³-hybridized carbons (Fsp3) is 0.125. The molecule has 0 radical (unpaired) electrons. The van der Waals surface area contributed by atoms with E-state index in [-0.39, 0.29) is 0 Å². The number of hydrogen-bond acceptors (Lipinski definition) is 3. The fourth-order valence-corrected chi connectivity index (χ4v) is 2.19. The van der Waals surface area contributed by atoms with Crippen LogP contribution in [0.2, 0.25) is 0 Å². The first-order chi connectivity index (χ1) is 5.36. The van der Waals surface area contributed by atoms with E-state index < -0.39 is 0 Å². The van der Waals surface area contributed by atoms with Gasteiger partial charge >= 0.3 is 0 Å². The molecule has 0 atom stereocenters. The van der Waals surface area contributed by atoms with Crippen molar-refractivity contribution in [1.82, 2.24) is 4.98 Å². The van der Waals surface area contributed by atoms with E-state index in [1.807, 2.05) is 5.51 Å². The van der Waals surface area contributed by atoms with Crippen LogP contribution in [0.15, 0.2) is 22.3 Å². The van der Waals surface area contributed by atoms with Crippen LogP contribution >= 0.6 is 22.7 Å². The second-order valence-electron chi connectivity index (χ2n) is 2.32. The van der Waals surface area contributed by atoms with Gasteiger partial charge in [-0.25, -0.2) is 4.98 Å². The molecule has 0 aliphatic heterocycles. The third-order valence-electron chi connectivity index (χ3n) is 1.46. The van der Waals surface area contributed by atoms with Crippen LogP contribution in [0.4, 0.5) is 0 Å². The molecule has 1 nitrogen and oxygen atoms in total. The van der Waals surface area contributed by atoms with Crippen LogP contribution < -0.4 is 0 Å². The quantitative estimate of drug-likeness (QED) is 0.658. The summed E-state index contributed by atoms with van der Waals surface area (Å²) in [5.41, 5.74) is 4.20. The predicted molar refractivity (Wildman–Crippen MR) is 50.2 cm³/mol. The molecule has 0 fully saturated rings. The van der Waals surface area contributed by atoms with E-state index in [2.05, 4.69) is 28.7 Å². The van der Waals surface area contributed by atoms with Crippen molar-refractivity contribution in [3.63, 3.8) is 0 Å². The Morgan fingerprint density at radius 1 is 1.36 bits per heavy atom. The normalized spacial score (nSPS) is 10.3. The van der Waals surface area contributed by atoms with Gasteiger partial charge in [-0.05, 0) is 13.0 Å². The molecule has 0 N–H and O–H groups in total. The summed E-state index contributed by atoms with van der Waals surface area (Å²) in [6, 6.07) is 2.17. The largest absolute Gasteiger partial charge is 0.245 e. The second kappa shape index (κ2) is 2.75. The van der Waals surface area contributed by atoms with Gasteiger partial charge in [-0.1, -0.05) is 0 Å². The number of aromatic nitrogens is 1. The molecule has 0 bridgehead atoms. The monoisotopic (exact) mass is 181 g/mol. The van der Waals surface area contributed by atoms with Crippen LogP contribution in [0.1, 0.15) is 4.88 Å². The van der Waals surface area contributed by atoms with Gasteiger partial charge in [0.15, 0.2) is 0 Å². The Balaban J connectivity index is 2.45.